The summed E-state index contributed by atoms with van der Waals surface area (Å²) in [6, 6.07) is 6.14. The summed E-state index contributed by atoms with van der Waals surface area (Å²) in [7, 11) is 0. The summed E-state index contributed by atoms with van der Waals surface area (Å²) in [6.07, 6.45) is 0.700. The summed E-state index contributed by atoms with van der Waals surface area (Å²) >= 11 is 0. The summed E-state index contributed by atoms with van der Waals surface area (Å²) in [4.78, 5) is 21.3. The lowest BCUT2D eigenvalue weighted by Crippen LogP contribution is -2.37. The number of aryl methyl sites for hydroxylation is 2. The van der Waals surface area contributed by atoms with E-state index in [1.165, 1.54) is 11.1 Å². The molecule has 0 aliphatic carbocycles. The number of rotatable bonds is 3. The first-order valence-electron chi connectivity index (χ1n) is 5.14. The molecule has 0 saturated heterocycles. The normalized spacial score (nSPS) is 9.88. The van der Waals surface area contributed by atoms with Gasteiger partial charge in [0.25, 0.3) is 0 Å². The summed E-state index contributed by atoms with van der Waals surface area (Å²) in [5.41, 5.74) is 8.38. The standard InChI is InChI=1S/C12H16N2O2/c1-8-3-4-10(9(2)7-8)5-6-14-12(16)11(13)15/h3-4,7H,5-6H2,1-2H3,(H2,13,15)(H,14,16). The van der Waals surface area contributed by atoms with Crippen molar-refractivity contribution in [2.24, 2.45) is 5.73 Å². The van der Waals surface area contributed by atoms with Crippen molar-refractivity contribution in [1.29, 1.82) is 0 Å². The number of benzene rings is 1. The molecule has 1 aromatic carbocycles. The second-order valence-electron chi connectivity index (χ2n) is 3.80. The zero-order valence-corrected chi connectivity index (χ0v) is 9.54. The SMILES string of the molecule is Cc1ccc(CCNC(=O)C(N)=O)c(C)c1. The van der Waals surface area contributed by atoms with E-state index in [1.807, 2.05) is 26.0 Å². The minimum atomic E-state index is -0.944. The van der Waals surface area contributed by atoms with Gasteiger partial charge in [-0.1, -0.05) is 23.8 Å². The van der Waals surface area contributed by atoms with E-state index in [2.05, 4.69) is 11.4 Å². The molecule has 0 saturated carbocycles. The number of hydrogen-bond acceptors (Lipinski definition) is 2. The number of carbonyl (C=O) groups is 2. The molecule has 0 heterocycles. The topological polar surface area (TPSA) is 72.2 Å². The van der Waals surface area contributed by atoms with Crippen molar-refractivity contribution in [1.82, 2.24) is 5.32 Å². The van der Waals surface area contributed by atoms with Gasteiger partial charge >= 0.3 is 11.8 Å². The van der Waals surface area contributed by atoms with Gasteiger partial charge in [-0.15, -0.1) is 0 Å². The van der Waals surface area contributed by atoms with Gasteiger partial charge in [0.1, 0.15) is 0 Å². The van der Waals surface area contributed by atoms with Gasteiger partial charge < -0.3 is 11.1 Å². The molecule has 0 radical (unpaired) electrons. The molecule has 4 nitrogen and oxygen atoms in total. The average Bonchev–Trinajstić information content (AvgIpc) is 2.20. The van der Waals surface area contributed by atoms with Gasteiger partial charge in [0.05, 0.1) is 0 Å². The van der Waals surface area contributed by atoms with Crippen molar-refractivity contribution in [2.45, 2.75) is 20.3 Å². The van der Waals surface area contributed by atoms with Gasteiger partial charge in [-0.25, -0.2) is 0 Å². The first-order valence-corrected chi connectivity index (χ1v) is 5.14. The third kappa shape index (κ3) is 3.38. The highest BCUT2D eigenvalue weighted by atomic mass is 16.2. The van der Waals surface area contributed by atoms with E-state index in [-0.39, 0.29) is 0 Å². The van der Waals surface area contributed by atoms with E-state index < -0.39 is 11.8 Å². The fourth-order valence-electron chi connectivity index (χ4n) is 1.52. The van der Waals surface area contributed by atoms with Crippen LogP contribution in [0, 0.1) is 13.8 Å². The molecule has 1 rings (SSSR count). The second-order valence-corrected chi connectivity index (χ2v) is 3.80. The van der Waals surface area contributed by atoms with Crippen LogP contribution in [0.15, 0.2) is 18.2 Å². The van der Waals surface area contributed by atoms with Gasteiger partial charge in [-0.05, 0) is 31.4 Å². The summed E-state index contributed by atoms with van der Waals surface area (Å²) in [5.74, 6) is -1.68. The van der Waals surface area contributed by atoms with Crippen molar-refractivity contribution in [3.05, 3.63) is 34.9 Å². The largest absolute Gasteiger partial charge is 0.361 e. The Morgan fingerprint density at radius 3 is 2.56 bits per heavy atom. The van der Waals surface area contributed by atoms with Gasteiger partial charge in [0.15, 0.2) is 0 Å². The van der Waals surface area contributed by atoms with E-state index >= 15 is 0 Å². The number of nitrogens with two attached hydrogens (primary N) is 1. The zero-order chi connectivity index (χ0) is 12.1. The molecule has 1 aromatic rings. The molecule has 0 unspecified atom stereocenters. The Hall–Kier alpha value is -1.84. The fraction of sp³-hybridized carbons (Fsp3) is 0.333. The predicted octanol–water partition coefficient (Wildman–Crippen LogP) is 0.447. The third-order valence-electron chi connectivity index (χ3n) is 2.40. The molecule has 0 bridgehead atoms. The van der Waals surface area contributed by atoms with Crippen LogP contribution in [-0.2, 0) is 16.0 Å². The van der Waals surface area contributed by atoms with Gasteiger partial charge in [0.2, 0.25) is 0 Å². The molecule has 2 amide bonds. The first-order chi connectivity index (χ1) is 7.50. The number of amides is 2. The Bertz CT molecular complexity index is 413. The predicted molar refractivity (Wildman–Crippen MR) is 61.8 cm³/mol. The van der Waals surface area contributed by atoms with E-state index in [1.54, 1.807) is 0 Å². The molecular weight excluding hydrogens is 204 g/mol. The number of carbonyl (C=O) groups excluding carboxylic acids is 2. The highest BCUT2D eigenvalue weighted by Crippen LogP contribution is 2.10. The zero-order valence-electron chi connectivity index (χ0n) is 9.54. The smallest absolute Gasteiger partial charge is 0.309 e. The van der Waals surface area contributed by atoms with Crippen molar-refractivity contribution >= 4 is 11.8 Å². The molecule has 16 heavy (non-hydrogen) atoms. The quantitative estimate of drug-likeness (QED) is 0.726. The van der Waals surface area contributed by atoms with Crippen LogP contribution in [0.25, 0.3) is 0 Å². The molecule has 0 spiro atoms. The Kier molecular flexibility index (Phi) is 4.05. The Balaban J connectivity index is 2.49. The fourth-order valence-corrected chi connectivity index (χ4v) is 1.52. The lowest BCUT2D eigenvalue weighted by Gasteiger charge is -2.07. The highest BCUT2D eigenvalue weighted by molar-refractivity contribution is 6.34. The Morgan fingerprint density at radius 1 is 1.31 bits per heavy atom. The van der Waals surface area contributed by atoms with Crippen LogP contribution in [0.1, 0.15) is 16.7 Å². The lowest BCUT2D eigenvalue weighted by atomic mass is 10.0. The molecule has 0 aliphatic rings. The lowest BCUT2D eigenvalue weighted by molar-refractivity contribution is -0.137. The van der Waals surface area contributed by atoms with E-state index in [9.17, 15) is 9.59 Å². The molecular formula is C12H16N2O2. The van der Waals surface area contributed by atoms with Crippen LogP contribution in [-0.4, -0.2) is 18.4 Å². The van der Waals surface area contributed by atoms with Crippen LogP contribution >= 0.6 is 0 Å². The molecule has 3 N–H and O–H groups in total. The Labute approximate surface area is 94.8 Å². The summed E-state index contributed by atoms with van der Waals surface area (Å²) < 4.78 is 0. The summed E-state index contributed by atoms with van der Waals surface area (Å²) in [5, 5.41) is 2.46. The van der Waals surface area contributed by atoms with Crippen LogP contribution in [0.5, 0.6) is 0 Å². The van der Waals surface area contributed by atoms with E-state index in [4.69, 9.17) is 5.73 Å². The molecule has 4 heteroatoms. The second kappa shape index (κ2) is 5.30. The van der Waals surface area contributed by atoms with E-state index in [0.29, 0.717) is 13.0 Å². The van der Waals surface area contributed by atoms with Crippen molar-refractivity contribution in [3.8, 4) is 0 Å². The van der Waals surface area contributed by atoms with Crippen molar-refractivity contribution in [2.75, 3.05) is 6.54 Å². The van der Waals surface area contributed by atoms with Crippen LogP contribution in [0.4, 0.5) is 0 Å². The van der Waals surface area contributed by atoms with Crippen LogP contribution in [0.2, 0.25) is 0 Å². The first kappa shape index (κ1) is 12.2. The van der Waals surface area contributed by atoms with Crippen LogP contribution < -0.4 is 11.1 Å². The van der Waals surface area contributed by atoms with Gasteiger partial charge in [0, 0.05) is 6.54 Å². The number of nitrogens with one attached hydrogen (secondary N) is 1. The molecule has 0 aliphatic heterocycles. The van der Waals surface area contributed by atoms with Gasteiger partial charge in [-0.2, -0.15) is 0 Å². The maximum absolute atomic E-state index is 10.9. The maximum Gasteiger partial charge on any atom is 0.309 e. The Morgan fingerprint density at radius 2 is 2.00 bits per heavy atom. The van der Waals surface area contributed by atoms with Crippen LogP contribution in [0.3, 0.4) is 0 Å². The molecule has 0 fully saturated rings. The van der Waals surface area contributed by atoms with Crippen molar-refractivity contribution in [3.63, 3.8) is 0 Å². The maximum atomic E-state index is 10.9. The minimum absolute atomic E-state index is 0.422. The van der Waals surface area contributed by atoms with Crippen molar-refractivity contribution < 1.29 is 9.59 Å². The number of hydrogen-bond donors (Lipinski definition) is 2. The van der Waals surface area contributed by atoms with E-state index in [0.717, 1.165) is 5.56 Å². The van der Waals surface area contributed by atoms with Gasteiger partial charge in [-0.3, -0.25) is 9.59 Å². The third-order valence-corrected chi connectivity index (χ3v) is 2.40. The summed E-state index contributed by atoms with van der Waals surface area (Å²) in [6.45, 7) is 4.48. The molecule has 86 valence electrons. The minimum Gasteiger partial charge on any atom is -0.361 e. The monoisotopic (exact) mass is 220 g/mol. The molecule has 0 aromatic heterocycles. The highest BCUT2D eigenvalue weighted by Gasteiger charge is 2.07. The molecule has 0 atom stereocenters. The number of primary amides is 1. The average molecular weight is 220 g/mol.